The number of aliphatic hydroxyl groups excluding tert-OH is 1. The Bertz CT molecular complexity index is 138. The molecule has 4 N–H and O–H groups in total. The molecule has 1 rings (SSSR count). The minimum Gasteiger partial charge on any atom is -0.412 e. The Balaban J connectivity index is 0.00000144. The summed E-state index contributed by atoms with van der Waals surface area (Å²) in [5, 5.41) is 18.8. The molecule has 1 aliphatic carbocycles. The zero-order chi connectivity index (χ0) is 9.03. The van der Waals surface area contributed by atoms with Gasteiger partial charge < -0.3 is 15.7 Å². The third-order valence-corrected chi connectivity index (χ3v) is 3.18. The summed E-state index contributed by atoms with van der Waals surface area (Å²) in [6.07, 6.45) is 5.97. The lowest BCUT2D eigenvalue weighted by Crippen LogP contribution is -2.39. The fourth-order valence-electron chi connectivity index (χ4n) is 2.15. The summed E-state index contributed by atoms with van der Waals surface area (Å²) < 4.78 is 0. The smallest absolute Gasteiger partial charge is 0.0674 e. The van der Waals surface area contributed by atoms with E-state index in [-0.39, 0.29) is 12.1 Å². The third-order valence-electron chi connectivity index (χ3n) is 3.18. The van der Waals surface area contributed by atoms with E-state index in [0.717, 1.165) is 32.1 Å². The maximum atomic E-state index is 10.2. The summed E-state index contributed by atoms with van der Waals surface area (Å²) in [5.41, 5.74) is -0.471. The molecule has 0 aliphatic heterocycles. The predicted octanol–water partition coefficient (Wildman–Crippen LogP) is 0.875. The summed E-state index contributed by atoms with van der Waals surface area (Å²) in [6.45, 7) is 2.32. The van der Waals surface area contributed by atoms with Crippen LogP contribution in [0.1, 0.15) is 45.4 Å². The number of aliphatic hydroxyl groups is 2. The minimum absolute atomic E-state index is 0. The van der Waals surface area contributed by atoms with Gasteiger partial charge in [0.15, 0.2) is 0 Å². The molecule has 3 nitrogen and oxygen atoms in total. The molecule has 0 aromatic carbocycles. The SMILES string of the molecule is C[C@H]1CCCC[C@@]1([18OH])CCCO.O. The highest BCUT2D eigenvalue weighted by atomic mass is 18.2. The molecule has 0 bridgehead atoms. The first kappa shape index (κ1) is 12.9. The van der Waals surface area contributed by atoms with E-state index in [1.165, 1.54) is 6.42 Å². The van der Waals surface area contributed by atoms with Crippen LogP contribution in [0.2, 0.25) is 0 Å². The molecule has 0 saturated heterocycles. The van der Waals surface area contributed by atoms with Crippen molar-refractivity contribution in [2.75, 3.05) is 6.61 Å². The van der Waals surface area contributed by atoms with Crippen LogP contribution in [0.3, 0.4) is 0 Å². The van der Waals surface area contributed by atoms with Gasteiger partial charge in [0.1, 0.15) is 0 Å². The Hall–Kier alpha value is -0.120. The molecule has 3 heteroatoms. The first-order chi connectivity index (χ1) is 5.69. The average Bonchev–Trinajstić information content (AvgIpc) is 2.07. The molecular formula is C10H22O3. The monoisotopic (exact) mass is 192 g/mol. The van der Waals surface area contributed by atoms with Crippen LogP contribution in [0.5, 0.6) is 0 Å². The molecule has 0 amide bonds. The summed E-state index contributed by atoms with van der Waals surface area (Å²) in [6, 6.07) is 0. The highest BCUT2D eigenvalue weighted by Gasteiger charge is 2.34. The van der Waals surface area contributed by atoms with Gasteiger partial charge in [0.2, 0.25) is 0 Å². The van der Waals surface area contributed by atoms with Crippen molar-refractivity contribution in [2.24, 2.45) is 5.92 Å². The van der Waals surface area contributed by atoms with Crippen LogP contribution in [0, 0.1) is 5.92 Å². The third kappa shape index (κ3) is 3.25. The van der Waals surface area contributed by atoms with Crippen molar-refractivity contribution < 1.29 is 15.7 Å². The second kappa shape index (κ2) is 5.58. The lowest BCUT2D eigenvalue weighted by atomic mass is 9.75. The summed E-state index contributed by atoms with van der Waals surface area (Å²) in [4.78, 5) is 0. The Kier molecular flexibility index (Phi) is 5.53. The molecule has 0 aromatic heterocycles. The van der Waals surface area contributed by atoms with E-state index < -0.39 is 5.60 Å². The first-order valence-corrected chi connectivity index (χ1v) is 5.02. The van der Waals surface area contributed by atoms with E-state index >= 15 is 0 Å². The quantitative estimate of drug-likeness (QED) is 0.651. The van der Waals surface area contributed by atoms with Crippen LogP contribution in [0.25, 0.3) is 0 Å². The normalized spacial score (nSPS) is 33.9. The molecule has 0 unspecified atom stereocenters. The van der Waals surface area contributed by atoms with Gasteiger partial charge in [0.25, 0.3) is 0 Å². The molecule has 80 valence electrons. The zero-order valence-corrected chi connectivity index (χ0v) is 8.42. The van der Waals surface area contributed by atoms with Crippen molar-refractivity contribution in [3.05, 3.63) is 0 Å². The maximum absolute atomic E-state index is 10.2. The lowest BCUT2D eigenvalue weighted by Gasteiger charge is -2.38. The summed E-state index contributed by atoms with van der Waals surface area (Å²) in [7, 11) is 0. The molecular weight excluding hydrogens is 170 g/mol. The molecule has 0 heterocycles. The number of hydrogen-bond donors (Lipinski definition) is 2. The van der Waals surface area contributed by atoms with Gasteiger partial charge in [-0.05, 0) is 31.6 Å². The molecule has 1 fully saturated rings. The first-order valence-electron chi connectivity index (χ1n) is 5.02. The van der Waals surface area contributed by atoms with E-state index in [9.17, 15) is 5.11 Å². The van der Waals surface area contributed by atoms with E-state index in [1.807, 2.05) is 0 Å². The van der Waals surface area contributed by atoms with Crippen molar-refractivity contribution in [3.63, 3.8) is 0 Å². The maximum Gasteiger partial charge on any atom is 0.0674 e. The van der Waals surface area contributed by atoms with Gasteiger partial charge in [-0.15, -0.1) is 0 Å². The van der Waals surface area contributed by atoms with E-state index in [4.69, 9.17) is 5.11 Å². The van der Waals surface area contributed by atoms with Crippen molar-refractivity contribution in [1.29, 1.82) is 0 Å². The molecule has 0 radical (unpaired) electrons. The Morgan fingerprint density at radius 3 is 2.69 bits per heavy atom. The lowest BCUT2D eigenvalue weighted by molar-refractivity contribution is -0.0515. The van der Waals surface area contributed by atoms with Crippen LogP contribution in [-0.4, -0.2) is 27.9 Å². The van der Waals surface area contributed by atoms with Crippen molar-refractivity contribution in [3.8, 4) is 0 Å². The van der Waals surface area contributed by atoms with Gasteiger partial charge in [-0.2, -0.15) is 0 Å². The number of rotatable bonds is 3. The predicted molar refractivity (Wildman–Crippen MR) is 52.5 cm³/mol. The summed E-state index contributed by atoms with van der Waals surface area (Å²) >= 11 is 0. The topological polar surface area (TPSA) is 72.0 Å². The molecule has 0 aromatic rings. The second-order valence-corrected chi connectivity index (χ2v) is 4.08. The van der Waals surface area contributed by atoms with Crippen molar-refractivity contribution in [2.45, 2.75) is 51.0 Å². The van der Waals surface area contributed by atoms with Gasteiger partial charge in [0, 0.05) is 6.61 Å². The molecule has 1 aliphatic rings. The summed E-state index contributed by atoms with van der Waals surface area (Å²) in [5.74, 6) is 0.415. The van der Waals surface area contributed by atoms with Crippen LogP contribution >= 0.6 is 0 Å². The van der Waals surface area contributed by atoms with Gasteiger partial charge in [-0.1, -0.05) is 19.8 Å². The standard InChI is InChI=1S/C10H20O2.H2O/c1-9-5-2-3-6-10(9,12)7-4-8-11;/h9,11-12H,2-8H2,1H3;1H2/t9-,10+;/m0./s1/i12+2;. The fourth-order valence-corrected chi connectivity index (χ4v) is 2.15. The Morgan fingerprint density at radius 1 is 1.46 bits per heavy atom. The Labute approximate surface area is 80.1 Å². The van der Waals surface area contributed by atoms with Gasteiger partial charge >= 0.3 is 0 Å². The minimum atomic E-state index is -0.471. The van der Waals surface area contributed by atoms with E-state index in [0.29, 0.717) is 5.92 Å². The second-order valence-electron chi connectivity index (χ2n) is 4.08. The van der Waals surface area contributed by atoms with Gasteiger partial charge in [-0.25, -0.2) is 0 Å². The van der Waals surface area contributed by atoms with Crippen LogP contribution in [0.4, 0.5) is 0 Å². The molecule has 2 atom stereocenters. The Morgan fingerprint density at radius 2 is 2.15 bits per heavy atom. The van der Waals surface area contributed by atoms with E-state index in [1.54, 1.807) is 0 Å². The largest absolute Gasteiger partial charge is 0.412 e. The van der Waals surface area contributed by atoms with Gasteiger partial charge in [-0.3, -0.25) is 0 Å². The highest BCUT2D eigenvalue weighted by Crippen LogP contribution is 2.36. The molecule has 0 spiro atoms. The molecule has 1 saturated carbocycles. The van der Waals surface area contributed by atoms with Crippen molar-refractivity contribution in [1.82, 2.24) is 0 Å². The van der Waals surface area contributed by atoms with Gasteiger partial charge in [0.05, 0.1) is 5.60 Å². The zero-order valence-electron chi connectivity index (χ0n) is 8.42. The van der Waals surface area contributed by atoms with Crippen molar-refractivity contribution >= 4 is 0 Å². The number of hydrogen-bond acceptors (Lipinski definition) is 2. The fraction of sp³-hybridized carbons (Fsp3) is 1.00. The van der Waals surface area contributed by atoms with Crippen LogP contribution < -0.4 is 0 Å². The van der Waals surface area contributed by atoms with Crippen LogP contribution in [-0.2, 0) is 0 Å². The highest BCUT2D eigenvalue weighted by molar-refractivity contribution is 4.87. The molecule has 13 heavy (non-hydrogen) atoms. The van der Waals surface area contributed by atoms with E-state index in [2.05, 4.69) is 6.92 Å². The average molecular weight is 192 g/mol. The van der Waals surface area contributed by atoms with Crippen LogP contribution in [0.15, 0.2) is 0 Å².